The van der Waals surface area contributed by atoms with Crippen molar-refractivity contribution in [1.82, 2.24) is 16.0 Å². The Kier molecular flexibility index (Phi) is 13.1. The molecule has 10 N–H and O–H groups in total. The zero-order valence-corrected chi connectivity index (χ0v) is 20.4. The number of carboxylic acids is 1. The number of phenols is 1. The number of aliphatic hydroxyl groups is 1. The maximum atomic E-state index is 12.9. The van der Waals surface area contributed by atoms with E-state index in [1.165, 1.54) is 31.2 Å². The van der Waals surface area contributed by atoms with Crippen LogP contribution in [-0.4, -0.2) is 81.6 Å². The molecule has 196 valence electrons. The van der Waals surface area contributed by atoms with Gasteiger partial charge in [-0.25, -0.2) is 4.79 Å². The summed E-state index contributed by atoms with van der Waals surface area (Å²) in [7, 11) is 0. The lowest BCUT2D eigenvalue weighted by Gasteiger charge is -2.25. The molecule has 0 aliphatic heterocycles. The molecule has 0 aliphatic carbocycles. The first-order valence-electron chi connectivity index (χ1n) is 11.2. The quantitative estimate of drug-likeness (QED) is 0.0957. The van der Waals surface area contributed by atoms with Crippen molar-refractivity contribution in [2.24, 2.45) is 11.5 Å². The first-order chi connectivity index (χ1) is 16.5. The van der Waals surface area contributed by atoms with Gasteiger partial charge < -0.3 is 42.7 Å². The van der Waals surface area contributed by atoms with Gasteiger partial charge in [-0.3, -0.25) is 14.4 Å². The lowest BCUT2D eigenvalue weighted by molar-refractivity contribution is -0.145. The summed E-state index contributed by atoms with van der Waals surface area (Å²) < 4.78 is 0. The zero-order chi connectivity index (χ0) is 26.5. The van der Waals surface area contributed by atoms with Crippen molar-refractivity contribution >= 4 is 36.3 Å². The molecule has 13 heteroatoms. The predicted octanol–water partition coefficient (Wildman–Crippen LogP) is -1.76. The fourth-order valence-electron chi connectivity index (χ4n) is 3.10. The number of aliphatic carboxylic acids is 1. The van der Waals surface area contributed by atoms with Gasteiger partial charge in [0.2, 0.25) is 17.7 Å². The van der Waals surface area contributed by atoms with Crippen molar-refractivity contribution in [2.45, 2.75) is 62.9 Å². The van der Waals surface area contributed by atoms with Gasteiger partial charge >= 0.3 is 5.97 Å². The SMILES string of the molecule is CC(O)C(NC(=O)C(Cc1ccc(O)cc1)NC(=O)C(CS)NC(=O)C(N)CCCCN)C(=O)O. The largest absolute Gasteiger partial charge is 0.508 e. The molecule has 0 aromatic heterocycles. The second-order valence-electron chi connectivity index (χ2n) is 8.13. The van der Waals surface area contributed by atoms with Gasteiger partial charge in [-0.2, -0.15) is 12.6 Å². The molecular weight excluding hydrogens is 478 g/mol. The molecule has 0 bridgehead atoms. The molecule has 35 heavy (non-hydrogen) atoms. The van der Waals surface area contributed by atoms with Gasteiger partial charge in [0.15, 0.2) is 6.04 Å². The summed E-state index contributed by atoms with van der Waals surface area (Å²) in [6.45, 7) is 1.67. The number of rotatable bonds is 15. The summed E-state index contributed by atoms with van der Waals surface area (Å²) in [5, 5.41) is 35.6. The Hall–Kier alpha value is -2.87. The molecule has 0 saturated carbocycles. The Balaban J connectivity index is 2.99. The number of aliphatic hydroxyl groups excluding tert-OH is 1. The van der Waals surface area contributed by atoms with Crippen LogP contribution < -0.4 is 27.4 Å². The number of carbonyl (C=O) groups is 4. The number of hydrogen-bond donors (Lipinski definition) is 9. The Bertz CT molecular complexity index is 853. The van der Waals surface area contributed by atoms with Crippen molar-refractivity contribution in [1.29, 1.82) is 0 Å². The van der Waals surface area contributed by atoms with E-state index < -0.39 is 54.0 Å². The van der Waals surface area contributed by atoms with E-state index in [1.807, 2.05) is 0 Å². The van der Waals surface area contributed by atoms with Crippen molar-refractivity contribution in [3.05, 3.63) is 29.8 Å². The molecular formula is C22H35N5O7S. The molecule has 5 unspecified atom stereocenters. The van der Waals surface area contributed by atoms with E-state index in [1.54, 1.807) is 0 Å². The number of carbonyl (C=O) groups excluding carboxylic acids is 3. The summed E-state index contributed by atoms with van der Waals surface area (Å²) in [5.74, 6) is -3.69. The normalized spacial score (nSPS) is 15.2. The van der Waals surface area contributed by atoms with E-state index in [9.17, 15) is 34.5 Å². The van der Waals surface area contributed by atoms with Crippen LogP contribution in [-0.2, 0) is 25.6 Å². The number of nitrogens with two attached hydrogens (primary N) is 2. The van der Waals surface area contributed by atoms with Crippen LogP contribution in [0.1, 0.15) is 31.7 Å². The van der Waals surface area contributed by atoms with E-state index in [2.05, 4.69) is 28.6 Å². The number of nitrogens with one attached hydrogen (secondary N) is 3. The molecule has 0 radical (unpaired) electrons. The molecule has 0 saturated heterocycles. The van der Waals surface area contributed by atoms with E-state index in [0.29, 0.717) is 31.4 Å². The lowest BCUT2D eigenvalue weighted by atomic mass is 10.0. The van der Waals surface area contributed by atoms with Crippen molar-refractivity contribution in [3.8, 4) is 5.75 Å². The highest BCUT2D eigenvalue weighted by molar-refractivity contribution is 7.80. The number of benzene rings is 1. The highest BCUT2D eigenvalue weighted by Gasteiger charge is 2.31. The first-order valence-corrected chi connectivity index (χ1v) is 11.8. The lowest BCUT2D eigenvalue weighted by Crippen LogP contribution is -2.59. The van der Waals surface area contributed by atoms with Gasteiger partial charge in [0.1, 0.15) is 17.8 Å². The number of aromatic hydroxyl groups is 1. The van der Waals surface area contributed by atoms with Gasteiger partial charge in [-0.15, -0.1) is 0 Å². The third-order valence-corrected chi connectivity index (χ3v) is 5.54. The average molecular weight is 514 g/mol. The summed E-state index contributed by atoms with van der Waals surface area (Å²) >= 11 is 4.11. The number of amides is 3. The van der Waals surface area contributed by atoms with Crippen LogP contribution in [0.2, 0.25) is 0 Å². The Morgan fingerprint density at radius 1 is 0.971 bits per heavy atom. The van der Waals surface area contributed by atoms with E-state index in [0.717, 1.165) is 0 Å². The van der Waals surface area contributed by atoms with Crippen LogP contribution in [0.5, 0.6) is 5.75 Å². The fraction of sp³-hybridized carbons (Fsp3) is 0.545. The van der Waals surface area contributed by atoms with Crippen LogP contribution in [0.15, 0.2) is 24.3 Å². The molecule has 0 heterocycles. The second-order valence-corrected chi connectivity index (χ2v) is 8.50. The van der Waals surface area contributed by atoms with Gasteiger partial charge in [0.25, 0.3) is 0 Å². The molecule has 12 nitrogen and oxygen atoms in total. The second kappa shape index (κ2) is 15.2. The molecule has 3 amide bonds. The molecule has 1 rings (SSSR count). The summed E-state index contributed by atoms with van der Waals surface area (Å²) in [5.41, 5.74) is 11.9. The van der Waals surface area contributed by atoms with E-state index in [-0.39, 0.29) is 17.9 Å². The summed E-state index contributed by atoms with van der Waals surface area (Å²) in [4.78, 5) is 49.5. The van der Waals surface area contributed by atoms with Crippen molar-refractivity contribution in [2.75, 3.05) is 12.3 Å². The first kappa shape index (κ1) is 30.2. The highest BCUT2D eigenvalue weighted by atomic mass is 32.1. The number of thiol groups is 1. The topological polar surface area (TPSA) is 217 Å². The zero-order valence-electron chi connectivity index (χ0n) is 19.5. The van der Waals surface area contributed by atoms with Crippen LogP contribution in [0.4, 0.5) is 0 Å². The number of hydrogen-bond acceptors (Lipinski definition) is 9. The molecule has 1 aromatic carbocycles. The molecule has 1 aromatic rings. The Morgan fingerprint density at radius 3 is 2.06 bits per heavy atom. The molecule has 5 atom stereocenters. The van der Waals surface area contributed by atoms with Gasteiger partial charge in [-0.05, 0) is 44.0 Å². The van der Waals surface area contributed by atoms with Gasteiger partial charge in [-0.1, -0.05) is 18.6 Å². The number of phenolic OH excluding ortho intramolecular Hbond substituents is 1. The van der Waals surface area contributed by atoms with Crippen LogP contribution >= 0.6 is 12.6 Å². The van der Waals surface area contributed by atoms with E-state index >= 15 is 0 Å². The van der Waals surface area contributed by atoms with Crippen LogP contribution in [0, 0.1) is 0 Å². The minimum atomic E-state index is -1.60. The maximum Gasteiger partial charge on any atom is 0.328 e. The van der Waals surface area contributed by atoms with E-state index in [4.69, 9.17) is 11.5 Å². The number of carboxylic acid groups (broad SMARTS) is 1. The Labute approximate surface area is 209 Å². The predicted molar refractivity (Wildman–Crippen MR) is 132 cm³/mol. The Morgan fingerprint density at radius 2 is 1.54 bits per heavy atom. The fourth-order valence-corrected chi connectivity index (χ4v) is 3.36. The molecule has 0 spiro atoms. The maximum absolute atomic E-state index is 12.9. The van der Waals surface area contributed by atoms with Crippen LogP contribution in [0.3, 0.4) is 0 Å². The van der Waals surface area contributed by atoms with Crippen LogP contribution in [0.25, 0.3) is 0 Å². The minimum Gasteiger partial charge on any atom is -0.508 e. The highest BCUT2D eigenvalue weighted by Crippen LogP contribution is 2.12. The molecule has 0 fully saturated rings. The molecule has 0 aliphatic rings. The smallest absolute Gasteiger partial charge is 0.328 e. The standard InChI is InChI=1S/C22H35N5O7S/c1-12(28)18(22(33)34)27-20(31)16(10-13-5-7-14(29)8-6-13)25-21(32)17(11-35)26-19(30)15(24)4-2-3-9-23/h5-8,12,15-18,28-29,35H,2-4,9-11,23-24H2,1H3,(H,25,32)(H,26,30)(H,27,31)(H,33,34). The van der Waals surface area contributed by atoms with Crippen molar-refractivity contribution in [3.63, 3.8) is 0 Å². The third-order valence-electron chi connectivity index (χ3n) is 5.18. The summed E-state index contributed by atoms with van der Waals surface area (Å²) in [6, 6.07) is 1.02. The average Bonchev–Trinajstić information content (AvgIpc) is 2.80. The summed E-state index contributed by atoms with van der Waals surface area (Å²) in [6.07, 6.45) is 0.273. The monoisotopic (exact) mass is 513 g/mol. The third kappa shape index (κ3) is 10.5. The van der Waals surface area contributed by atoms with Gasteiger partial charge in [0, 0.05) is 12.2 Å². The van der Waals surface area contributed by atoms with Crippen molar-refractivity contribution < 1.29 is 34.5 Å². The van der Waals surface area contributed by atoms with Gasteiger partial charge in [0.05, 0.1) is 12.1 Å². The minimum absolute atomic E-state index is 0.000477. The number of unbranched alkanes of at least 4 members (excludes halogenated alkanes) is 1.